The van der Waals surface area contributed by atoms with Crippen molar-refractivity contribution < 1.29 is 0 Å². The number of aromatic amines is 7. The highest BCUT2D eigenvalue weighted by molar-refractivity contribution is 5.67. The van der Waals surface area contributed by atoms with Crippen molar-refractivity contribution >= 4 is 11.4 Å². The van der Waals surface area contributed by atoms with Gasteiger partial charge in [-0.2, -0.15) is 0 Å². The second-order valence-corrected chi connectivity index (χ2v) is 12.4. The van der Waals surface area contributed by atoms with Gasteiger partial charge in [-0.25, -0.2) is 0 Å². The molecule has 9 N–H and O–H groups in total. The number of H-pyrrole nitrogens is 7. The second-order valence-electron chi connectivity index (χ2n) is 12.4. The summed E-state index contributed by atoms with van der Waals surface area (Å²) in [6.07, 6.45) is 8.69. The average Bonchev–Trinajstić information content (AvgIpc) is 3.90. The molecule has 7 aromatic rings. The van der Waals surface area contributed by atoms with Gasteiger partial charge in [0, 0.05) is 22.8 Å². The first-order valence-electron chi connectivity index (χ1n) is 15.9. The number of aromatic nitrogens is 7. The zero-order chi connectivity index (χ0) is 31.5. The minimum atomic E-state index is 0.0669. The molecule has 9 heteroatoms. The first-order valence-corrected chi connectivity index (χ1v) is 15.9. The van der Waals surface area contributed by atoms with E-state index in [9.17, 15) is 0 Å². The molecule has 9 nitrogen and oxygen atoms in total. The molecule has 0 aliphatic carbocycles. The molecule has 0 bridgehead atoms. The Labute approximate surface area is 270 Å². The molecule has 7 aromatic heterocycles. The van der Waals surface area contributed by atoms with Crippen molar-refractivity contribution in [2.45, 2.75) is 25.9 Å². The lowest BCUT2D eigenvalue weighted by Crippen LogP contribution is -2.24. The van der Waals surface area contributed by atoms with Gasteiger partial charge in [-0.1, -0.05) is 12.2 Å². The molecule has 232 valence electrons. The zero-order valence-corrected chi connectivity index (χ0v) is 26.0. The molecule has 0 fully saturated rings. The van der Waals surface area contributed by atoms with Crippen molar-refractivity contribution in [3.8, 4) is 45.6 Å². The Morgan fingerprint density at radius 3 is 1.13 bits per heavy atom. The zero-order valence-electron chi connectivity index (χ0n) is 26.0. The maximum Gasteiger partial charge on any atom is 0.0852 e. The Kier molecular flexibility index (Phi) is 6.17. The van der Waals surface area contributed by atoms with Crippen LogP contribution in [-0.2, 0) is 0 Å². The van der Waals surface area contributed by atoms with Crippen LogP contribution in [-0.4, -0.2) is 34.9 Å². The standard InChI is InChI=1S/C38H35N9/c1-21-3-5-23(39-21)25-7-9-27(41-25)29-11-13-31(43-29)33-15-17-35(45-33)37-19-20-38(47-37)36-18-16-34(46-36)32-14-12-30(44-32)28-10-8-26(42-28)24-6-4-22(2)40-24/h3-20,33-34,39-47H,1-2H3/b37-35+,38-36+. The van der Waals surface area contributed by atoms with E-state index in [0.29, 0.717) is 0 Å². The summed E-state index contributed by atoms with van der Waals surface area (Å²) in [7, 11) is 0. The van der Waals surface area contributed by atoms with Crippen LogP contribution in [0.4, 0.5) is 0 Å². The van der Waals surface area contributed by atoms with Crippen LogP contribution in [0.2, 0.25) is 0 Å². The normalized spacial score (nSPS) is 19.5. The summed E-state index contributed by atoms with van der Waals surface area (Å²) >= 11 is 0. The summed E-state index contributed by atoms with van der Waals surface area (Å²) in [6.45, 7) is 4.13. The topological polar surface area (TPSA) is 135 Å². The fraction of sp³-hybridized carbons (Fsp3) is 0.105. The van der Waals surface area contributed by atoms with Crippen molar-refractivity contribution in [3.63, 3.8) is 0 Å². The molecule has 2 atom stereocenters. The van der Waals surface area contributed by atoms with Gasteiger partial charge >= 0.3 is 0 Å². The second kappa shape index (κ2) is 10.7. The molecule has 2 unspecified atom stereocenters. The van der Waals surface area contributed by atoms with E-state index in [4.69, 9.17) is 0 Å². The molecule has 2 aliphatic rings. The van der Waals surface area contributed by atoms with Crippen molar-refractivity contribution in [3.05, 3.63) is 143 Å². The van der Waals surface area contributed by atoms with Gasteiger partial charge in [0.25, 0.3) is 0 Å². The molecule has 0 saturated carbocycles. The van der Waals surface area contributed by atoms with E-state index in [1.165, 1.54) is 0 Å². The summed E-state index contributed by atoms with van der Waals surface area (Å²) in [5, 5.41) is 9.42. The number of aryl methyl sites for hydroxylation is 2. The number of nitrogens with one attached hydrogen (secondary N) is 9. The number of rotatable bonds is 6. The molecule has 0 saturated heterocycles. The predicted octanol–water partition coefficient (Wildman–Crippen LogP) is 6.29. The van der Waals surface area contributed by atoms with Crippen LogP contribution < -0.4 is 21.3 Å². The highest BCUT2D eigenvalue weighted by Gasteiger charge is 2.19. The molecule has 0 amide bonds. The van der Waals surface area contributed by atoms with E-state index < -0.39 is 0 Å². The maximum atomic E-state index is 3.66. The third-order valence-corrected chi connectivity index (χ3v) is 9.08. The SMILES string of the molecule is Cc1ccc(-c2ccc(-c3ccc(C4C=C/C(=c5/cc/c(=C6/C=CC(c7ccc(-c8ccc(-c9ccc(C)[nH]9)[nH]8)[nH]7)N6)[nH]5)N4)[nH]3)[nH]2)[nH]1. The van der Waals surface area contributed by atoms with Crippen LogP contribution in [0.25, 0.3) is 56.9 Å². The minimum Gasteiger partial charge on any atom is -0.372 e. The van der Waals surface area contributed by atoms with Gasteiger partial charge in [0.2, 0.25) is 0 Å². The predicted molar refractivity (Wildman–Crippen MR) is 187 cm³/mol. The highest BCUT2D eigenvalue weighted by Crippen LogP contribution is 2.29. The van der Waals surface area contributed by atoms with Gasteiger partial charge in [0.1, 0.15) is 0 Å². The first kappa shape index (κ1) is 27.1. The molecule has 47 heavy (non-hydrogen) atoms. The molecular weight excluding hydrogens is 582 g/mol. The van der Waals surface area contributed by atoms with Gasteiger partial charge in [-0.15, -0.1) is 0 Å². The van der Waals surface area contributed by atoms with Crippen LogP contribution in [0, 0.1) is 13.8 Å². The van der Waals surface area contributed by atoms with E-state index in [0.717, 1.165) is 90.4 Å². The molecule has 9 heterocycles. The lowest BCUT2D eigenvalue weighted by molar-refractivity contribution is 0.772. The average molecular weight is 618 g/mol. The van der Waals surface area contributed by atoms with Crippen LogP contribution in [0.3, 0.4) is 0 Å². The number of hydrogen-bond acceptors (Lipinski definition) is 2. The van der Waals surface area contributed by atoms with Gasteiger partial charge in [0.15, 0.2) is 0 Å². The fourth-order valence-electron chi connectivity index (χ4n) is 6.56. The van der Waals surface area contributed by atoms with Crippen LogP contribution in [0.5, 0.6) is 0 Å². The van der Waals surface area contributed by atoms with Crippen molar-refractivity contribution in [2.75, 3.05) is 0 Å². The van der Waals surface area contributed by atoms with Crippen molar-refractivity contribution in [1.82, 2.24) is 45.5 Å². The summed E-state index contributed by atoms with van der Waals surface area (Å²) < 4.78 is 0. The third kappa shape index (κ3) is 4.98. The lowest BCUT2D eigenvalue weighted by Gasteiger charge is -2.09. The van der Waals surface area contributed by atoms with E-state index in [2.05, 4.69) is 169 Å². The molecule has 2 aliphatic heterocycles. The van der Waals surface area contributed by atoms with Crippen molar-refractivity contribution in [1.29, 1.82) is 0 Å². The number of hydrogen-bond donors (Lipinski definition) is 9. The molecule has 0 aromatic carbocycles. The maximum absolute atomic E-state index is 3.66. The van der Waals surface area contributed by atoms with Crippen LogP contribution in [0.15, 0.2) is 109 Å². The van der Waals surface area contributed by atoms with E-state index in [-0.39, 0.29) is 12.1 Å². The van der Waals surface area contributed by atoms with Gasteiger partial charge in [-0.3, -0.25) is 0 Å². The summed E-state index contributed by atoms with van der Waals surface area (Å²) in [5.41, 5.74) is 15.2. The quantitative estimate of drug-likeness (QED) is 0.109. The van der Waals surface area contributed by atoms with Crippen LogP contribution in [0.1, 0.15) is 34.9 Å². The largest absolute Gasteiger partial charge is 0.372 e. The Hall–Kier alpha value is -6.22. The fourth-order valence-corrected chi connectivity index (χ4v) is 6.56. The van der Waals surface area contributed by atoms with Crippen LogP contribution >= 0.6 is 0 Å². The summed E-state index contributed by atoms with van der Waals surface area (Å²) in [4.78, 5) is 24.6. The smallest absolute Gasteiger partial charge is 0.0852 e. The third-order valence-electron chi connectivity index (χ3n) is 9.08. The van der Waals surface area contributed by atoms with Gasteiger partial charge < -0.3 is 45.5 Å². The Bertz CT molecular complexity index is 2250. The molecule has 9 rings (SSSR count). The highest BCUT2D eigenvalue weighted by atomic mass is 15.0. The van der Waals surface area contributed by atoms with Gasteiger partial charge in [-0.05, 0) is 111 Å². The van der Waals surface area contributed by atoms with E-state index in [1.54, 1.807) is 0 Å². The Balaban J connectivity index is 0.884. The summed E-state index contributed by atoms with van der Waals surface area (Å²) in [5.74, 6) is 0. The summed E-state index contributed by atoms with van der Waals surface area (Å²) in [6, 6.07) is 29.8. The van der Waals surface area contributed by atoms with E-state index in [1.807, 2.05) is 0 Å². The first-order chi connectivity index (χ1) is 23.0. The Morgan fingerprint density at radius 1 is 0.362 bits per heavy atom. The molecule has 0 radical (unpaired) electrons. The van der Waals surface area contributed by atoms with E-state index >= 15 is 0 Å². The van der Waals surface area contributed by atoms with Gasteiger partial charge in [0.05, 0.1) is 79.7 Å². The monoisotopic (exact) mass is 617 g/mol. The Morgan fingerprint density at radius 2 is 0.723 bits per heavy atom. The van der Waals surface area contributed by atoms with Crippen molar-refractivity contribution in [2.24, 2.45) is 0 Å². The molecular formula is C38H35N9. The lowest BCUT2D eigenvalue weighted by atomic mass is 10.2. The minimum absolute atomic E-state index is 0.0669. The molecule has 0 spiro atoms.